The van der Waals surface area contributed by atoms with Crippen LogP contribution in [0, 0.1) is 11.6 Å². The number of ketones is 1. The van der Waals surface area contributed by atoms with Crippen molar-refractivity contribution in [2.24, 2.45) is 0 Å². The molecule has 1 nitrogen and oxygen atoms in total. The lowest BCUT2D eigenvalue weighted by atomic mass is 10.0. The van der Waals surface area contributed by atoms with Crippen LogP contribution in [0.4, 0.5) is 8.78 Å². The maximum atomic E-state index is 13.5. The van der Waals surface area contributed by atoms with Crippen LogP contribution in [0.5, 0.6) is 0 Å². The normalized spacial score (nSPS) is 10.5. The predicted octanol–water partition coefficient (Wildman–Crippen LogP) is 4.81. The first-order valence-electron chi connectivity index (χ1n) is 5.39. The highest BCUT2D eigenvalue weighted by Gasteiger charge is 2.14. The molecule has 0 N–H and O–H groups in total. The summed E-state index contributed by atoms with van der Waals surface area (Å²) < 4.78 is 27.2. The van der Waals surface area contributed by atoms with Crippen molar-refractivity contribution in [3.05, 3.63) is 68.7 Å². The van der Waals surface area contributed by atoms with Crippen LogP contribution >= 0.6 is 27.5 Å². The third-order valence-electron chi connectivity index (χ3n) is 2.57. The van der Waals surface area contributed by atoms with Gasteiger partial charge in [-0.25, -0.2) is 8.78 Å². The number of benzene rings is 2. The minimum atomic E-state index is -0.989. The Labute approximate surface area is 122 Å². The zero-order chi connectivity index (χ0) is 14.0. The number of rotatable bonds is 3. The highest BCUT2D eigenvalue weighted by molar-refractivity contribution is 9.10. The Kier molecular flexibility index (Phi) is 4.32. The third-order valence-corrected chi connectivity index (χ3v) is 3.24. The number of hydrogen-bond donors (Lipinski definition) is 0. The quantitative estimate of drug-likeness (QED) is 0.730. The fourth-order valence-electron chi connectivity index (χ4n) is 1.67. The van der Waals surface area contributed by atoms with Gasteiger partial charge in [0.25, 0.3) is 0 Å². The summed E-state index contributed by atoms with van der Waals surface area (Å²) in [6.07, 6.45) is -0.212. The molecular weight excluding hydrogens is 338 g/mol. The van der Waals surface area contributed by atoms with Gasteiger partial charge < -0.3 is 0 Å². The van der Waals surface area contributed by atoms with Crippen LogP contribution in [-0.2, 0) is 6.42 Å². The number of hydrogen-bond acceptors (Lipinski definition) is 1. The molecule has 0 radical (unpaired) electrons. The Morgan fingerprint density at radius 2 is 1.95 bits per heavy atom. The molecule has 2 rings (SSSR count). The molecule has 0 aliphatic heterocycles. The van der Waals surface area contributed by atoms with Crippen molar-refractivity contribution in [1.82, 2.24) is 0 Å². The van der Waals surface area contributed by atoms with Gasteiger partial charge in [-0.3, -0.25) is 4.79 Å². The van der Waals surface area contributed by atoms with Crippen molar-refractivity contribution in [1.29, 1.82) is 0 Å². The van der Waals surface area contributed by atoms with Gasteiger partial charge >= 0.3 is 0 Å². The van der Waals surface area contributed by atoms with E-state index in [0.717, 1.165) is 6.07 Å². The van der Waals surface area contributed by atoms with E-state index in [-0.39, 0.29) is 17.8 Å². The van der Waals surface area contributed by atoms with Crippen molar-refractivity contribution < 1.29 is 13.6 Å². The van der Waals surface area contributed by atoms with Gasteiger partial charge in [-0.1, -0.05) is 39.7 Å². The van der Waals surface area contributed by atoms with Crippen LogP contribution in [0.25, 0.3) is 0 Å². The molecule has 0 saturated carbocycles. The zero-order valence-electron chi connectivity index (χ0n) is 9.59. The van der Waals surface area contributed by atoms with Gasteiger partial charge in [-0.15, -0.1) is 0 Å². The Balaban J connectivity index is 2.28. The monoisotopic (exact) mass is 344 g/mol. The second-order valence-corrected chi connectivity index (χ2v) is 5.32. The molecule has 0 spiro atoms. The van der Waals surface area contributed by atoms with Gasteiger partial charge in [0.1, 0.15) is 0 Å². The first kappa shape index (κ1) is 14.2. The summed E-state index contributed by atoms with van der Waals surface area (Å²) in [5.74, 6) is -2.28. The Morgan fingerprint density at radius 1 is 1.21 bits per heavy atom. The highest BCUT2D eigenvalue weighted by Crippen LogP contribution is 2.21. The van der Waals surface area contributed by atoms with E-state index in [1.807, 2.05) is 0 Å². The molecule has 2 aromatic carbocycles. The van der Waals surface area contributed by atoms with Gasteiger partial charge in [0, 0.05) is 21.5 Å². The van der Waals surface area contributed by atoms with Gasteiger partial charge in [0.2, 0.25) is 0 Å². The number of halogens is 4. The number of Topliss-reactive ketones (excluding diaryl/α,β-unsaturated/α-hetero) is 1. The minimum absolute atomic E-state index is 0.0288. The molecule has 98 valence electrons. The first-order chi connectivity index (χ1) is 8.97. The molecule has 19 heavy (non-hydrogen) atoms. The largest absolute Gasteiger partial charge is 0.294 e. The second-order valence-electron chi connectivity index (χ2n) is 3.97. The van der Waals surface area contributed by atoms with E-state index in [1.165, 1.54) is 18.2 Å². The average Bonchev–Trinajstić information content (AvgIpc) is 2.33. The van der Waals surface area contributed by atoms with Crippen LogP contribution in [-0.4, -0.2) is 5.78 Å². The molecule has 0 aromatic heterocycles. The van der Waals surface area contributed by atoms with Crippen LogP contribution < -0.4 is 0 Å². The van der Waals surface area contributed by atoms with Crippen LogP contribution in [0.3, 0.4) is 0 Å². The standard InChI is InChI=1S/C14H8BrClF2O/c15-10-4-9(5-11(16)7-10)13(19)6-8-2-1-3-12(17)14(8)18/h1-5,7H,6H2. The smallest absolute Gasteiger partial charge is 0.167 e. The number of carbonyl (C=O) groups excluding carboxylic acids is 1. The van der Waals surface area contributed by atoms with Crippen molar-refractivity contribution in [3.63, 3.8) is 0 Å². The Bertz CT molecular complexity index is 623. The molecule has 0 atom stereocenters. The second kappa shape index (κ2) is 5.80. The molecule has 0 aliphatic carbocycles. The summed E-state index contributed by atoms with van der Waals surface area (Å²) in [7, 11) is 0. The van der Waals surface area contributed by atoms with Gasteiger partial charge in [0.05, 0.1) is 0 Å². The fraction of sp³-hybridized carbons (Fsp3) is 0.0714. The highest BCUT2D eigenvalue weighted by atomic mass is 79.9. The van der Waals surface area contributed by atoms with E-state index >= 15 is 0 Å². The maximum Gasteiger partial charge on any atom is 0.167 e. The van der Waals surface area contributed by atoms with E-state index in [4.69, 9.17) is 11.6 Å². The molecule has 0 saturated heterocycles. The van der Waals surface area contributed by atoms with Gasteiger partial charge in [-0.05, 0) is 29.8 Å². The number of carbonyl (C=O) groups is 1. The summed E-state index contributed by atoms with van der Waals surface area (Å²) in [6.45, 7) is 0. The summed E-state index contributed by atoms with van der Waals surface area (Å²) in [4.78, 5) is 12.0. The molecule has 0 amide bonds. The van der Waals surface area contributed by atoms with E-state index < -0.39 is 11.6 Å². The Morgan fingerprint density at radius 3 is 2.63 bits per heavy atom. The topological polar surface area (TPSA) is 17.1 Å². The molecule has 5 heteroatoms. The summed E-state index contributed by atoms with van der Waals surface area (Å²) in [5, 5.41) is 0.400. The van der Waals surface area contributed by atoms with Crippen LogP contribution in [0.15, 0.2) is 40.9 Å². The van der Waals surface area contributed by atoms with Gasteiger partial charge in [0.15, 0.2) is 17.4 Å². The zero-order valence-corrected chi connectivity index (χ0v) is 11.9. The lowest BCUT2D eigenvalue weighted by Crippen LogP contribution is -2.06. The minimum Gasteiger partial charge on any atom is -0.294 e. The average molecular weight is 346 g/mol. The lowest BCUT2D eigenvalue weighted by Gasteiger charge is -2.05. The van der Waals surface area contributed by atoms with Crippen molar-refractivity contribution in [2.45, 2.75) is 6.42 Å². The molecule has 0 unspecified atom stereocenters. The SMILES string of the molecule is O=C(Cc1cccc(F)c1F)c1cc(Cl)cc(Br)c1. The Hall–Kier alpha value is -1.26. The molecular formula is C14H8BrClF2O. The molecule has 0 aliphatic rings. The van der Waals surface area contributed by atoms with Crippen molar-refractivity contribution in [3.8, 4) is 0 Å². The van der Waals surface area contributed by atoms with Crippen LogP contribution in [0.1, 0.15) is 15.9 Å². The van der Waals surface area contributed by atoms with E-state index in [9.17, 15) is 13.6 Å². The summed E-state index contributed by atoms with van der Waals surface area (Å²) in [5.41, 5.74) is 0.379. The molecule has 0 heterocycles. The molecule has 0 fully saturated rings. The fourth-order valence-corrected chi connectivity index (χ4v) is 2.53. The lowest BCUT2D eigenvalue weighted by molar-refractivity contribution is 0.0991. The first-order valence-corrected chi connectivity index (χ1v) is 6.56. The van der Waals surface area contributed by atoms with E-state index in [0.29, 0.717) is 15.1 Å². The van der Waals surface area contributed by atoms with E-state index in [1.54, 1.807) is 12.1 Å². The molecule has 2 aromatic rings. The summed E-state index contributed by atoms with van der Waals surface area (Å²) >= 11 is 9.06. The summed E-state index contributed by atoms with van der Waals surface area (Å²) in [6, 6.07) is 8.49. The van der Waals surface area contributed by atoms with Crippen molar-refractivity contribution >= 4 is 33.3 Å². The van der Waals surface area contributed by atoms with Gasteiger partial charge in [-0.2, -0.15) is 0 Å². The third kappa shape index (κ3) is 3.39. The van der Waals surface area contributed by atoms with Crippen LogP contribution in [0.2, 0.25) is 5.02 Å². The predicted molar refractivity (Wildman–Crippen MR) is 73.5 cm³/mol. The molecule has 0 bridgehead atoms. The van der Waals surface area contributed by atoms with E-state index in [2.05, 4.69) is 15.9 Å². The maximum absolute atomic E-state index is 13.5. The van der Waals surface area contributed by atoms with Crippen molar-refractivity contribution in [2.75, 3.05) is 0 Å².